The molecule has 0 aliphatic carbocycles. The highest BCUT2D eigenvalue weighted by Gasteiger charge is 2.30. The van der Waals surface area contributed by atoms with Gasteiger partial charge in [0.2, 0.25) is 0 Å². The number of halogens is 3. The van der Waals surface area contributed by atoms with Crippen molar-refractivity contribution in [3.63, 3.8) is 0 Å². The number of aromatic nitrogens is 1. The van der Waals surface area contributed by atoms with Crippen LogP contribution in [0.25, 0.3) is 11.3 Å². The van der Waals surface area contributed by atoms with E-state index in [9.17, 15) is 18.0 Å². The Morgan fingerprint density at radius 2 is 1.64 bits per heavy atom. The van der Waals surface area contributed by atoms with Gasteiger partial charge in [0.1, 0.15) is 18.1 Å². The van der Waals surface area contributed by atoms with Gasteiger partial charge in [-0.15, -0.1) is 0 Å². The van der Waals surface area contributed by atoms with Crippen LogP contribution in [0.3, 0.4) is 0 Å². The summed E-state index contributed by atoms with van der Waals surface area (Å²) in [6.07, 6.45) is -3.77. The van der Waals surface area contributed by atoms with E-state index >= 15 is 0 Å². The van der Waals surface area contributed by atoms with Crippen molar-refractivity contribution < 1.29 is 36.4 Å². The smallest absolute Gasteiger partial charge is 0.416 e. The molecule has 1 unspecified atom stereocenters. The summed E-state index contributed by atoms with van der Waals surface area (Å²) in [7, 11) is 0. The van der Waals surface area contributed by atoms with Gasteiger partial charge >= 0.3 is 12.1 Å². The van der Waals surface area contributed by atoms with Crippen molar-refractivity contribution in [2.45, 2.75) is 71.9 Å². The number of ether oxygens (including phenoxy) is 3. The highest BCUT2D eigenvalue weighted by molar-refractivity contribution is 7.96. The molecule has 0 aliphatic rings. The van der Waals surface area contributed by atoms with Gasteiger partial charge in [0.25, 0.3) is 0 Å². The second-order valence-electron chi connectivity index (χ2n) is 10.3. The molecule has 0 fully saturated rings. The van der Waals surface area contributed by atoms with E-state index in [1.165, 1.54) is 30.6 Å². The quantitative estimate of drug-likeness (QED) is 0.159. The molecule has 0 spiro atoms. The van der Waals surface area contributed by atoms with Crippen molar-refractivity contribution in [2.75, 3.05) is 19.8 Å². The van der Waals surface area contributed by atoms with Gasteiger partial charge < -0.3 is 18.4 Å². The van der Waals surface area contributed by atoms with Crippen LogP contribution < -0.4 is 9.47 Å². The zero-order chi connectivity index (χ0) is 31.3. The second kappa shape index (κ2) is 16.4. The van der Waals surface area contributed by atoms with Gasteiger partial charge in [-0.2, -0.15) is 13.2 Å². The maximum atomic E-state index is 13.0. The Morgan fingerprint density at radius 1 is 0.976 bits per heavy atom. The van der Waals surface area contributed by atoms with E-state index in [-0.39, 0.29) is 24.6 Å². The number of alkyl halides is 3. The van der Waals surface area contributed by atoms with E-state index in [0.29, 0.717) is 28.5 Å². The lowest BCUT2D eigenvalue weighted by molar-refractivity contribution is -0.145. The van der Waals surface area contributed by atoms with Crippen LogP contribution in [0.5, 0.6) is 11.5 Å². The van der Waals surface area contributed by atoms with Crippen LogP contribution in [0.1, 0.15) is 70.9 Å². The van der Waals surface area contributed by atoms with Gasteiger partial charge in [-0.05, 0) is 94.7 Å². The minimum atomic E-state index is -4.41. The predicted octanol–water partition coefficient (Wildman–Crippen LogP) is 9.02. The molecule has 42 heavy (non-hydrogen) atoms. The first-order valence-electron chi connectivity index (χ1n) is 13.8. The van der Waals surface area contributed by atoms with E-state index in [1.54, 1.807) is 43.3 Å². The van der Waals surface area contributed by atoms with Crippen molar-refractivity contribution in [1.82, 2.24) is 4.98 Å². The molecule has 0 saturated heterocycles. The molecule has 0 radical (unpaired) electrons. The lowest BCUT2D eigenvalue weighted by Crippen LogP contribution is -2.17. The second-order valence-corrected chi connectivity index (χ2v) is 12.0. The molecular formula is C32H40F3NO5S. The zero-order valence-electron chi connectivity index (χ0n) is 25.2. The van der Waals surface area contributed by atoms with Crippen molar-refractivity contribution >= 4 is 18.0 Å². The van der Waals surface area contributed by atoms with E-state index in [2.05, 4.69) is 18.8 Å². The first-order chi connectivity index (χ1) is 19.8. The third-order valence-corrected chi connectivity index (χ3v) is 5.97. The maximum absolute atomic E-state index is 13.0. The molecule has 1 heterocycles. The number of carbonyl (C=O) groups excluding carboxylic acids is 1. The number of nitrogens with zero attached hydrogens (tertiary/aromatic N) is 1. The van der Waals surface area contributed by atoms with Crippen molar-refractivity contribution in [1.29, 1.82) is 0 Å². The summed E-state index contributed by atoms with van der Waals surface area (Å²) in [5.74, 6) is 0.603. The van der Waals surface area contributed by atoms with E-state index in [0.717, 1.165) is 17.7 Å². The Balaban J connectivity index is 0.00000197. The Bertz CT molecular complexity index is 1260. The lowest BCUT2D eigenvalue weighted by atomic mass is 10.1. The molecule has 0 aliphatic heterocycles. The third-order valence-electron chi connectivity index (χ3n) is 5.21. The Hall–Kier alpha value is -3.24. The first-order valence-corrected chi connectivity index (χ1v) is 14.5. The Labute approximate surface area is 251 Å². The molecule has 3 aromatic rings. The molecule has 6 nitrogen and oxygen atoms in total. The summed E-state index contributed by atoms with van der Waals surface area (Å²) in [4.78, 5) is 16.3. The van der Waals surface area contributed by atoms with Crippen LogP contribution in [0, 0.1) is 6.92 Å². The van der Waals surface area contributed by atoms with Crippen LogP contribution in [0.15, 0.2) is 60.7 Å². The van der Waals surface area contributed by atoms with Crippen LogP contribution in [-0.2, 0) is 19.9 Å². The number of benzene rings is 2. The molecular weight excluding hydrogens is 567 g/mol. The lowest BCUT2D eigenvalue weighted by Gasteiger charge is -2.22. The number of hydrogen-bond donors (Lipinski definition) is 0. The number of aryl methyl sites for hydroxylation is 1. The Kier molecular flexibility index (Phi) is 13.7. The minimum Gasteiger partial charge on any atom is -0.482 e. The number of esters is 1. The first kappa shape index (κ1) is 35.0. The molecule has 3 rings (SSSR count). The van der Waals surface area contributed by atoms with Gasteiger partial charge in [-0.3, -0.25) is 0 Å². The van der Waals surface area contributed by atoms with Gasteiger partial charge in [0.05, 0.1) is 23.6 Å². The average Bonchev–Trinajstić information content (AvgIpc) is 2.92. The maximum Gasteiger partial charge on any atom is 0.416 e. The number of rotatable bonds is 11. The van der Waals surface area contributed by atoms with Crippen molar-refractivity contribution in [3.8, 4) is 22.8 Å². The van der Waals surface area contributed by atoms with Crippen molar-refractivity contribution in [2.24, 2.45) is 0 Å². The summed E-state index contributed by atoms with van der Waals surface area (Å²) in [6.45, 7) is 14.1. The van der Waals surface area contributed by atoms with Gasteiger partial charge in [-0.25, -0.2) is 9.78 Å². The largest absolute Gasteiger partial charge is 0.482 e. The SMILES string of the molecule is CCC.CCOC(=O)COc1ccc(OC(COSC(C)(C)C)c2cccc(-c3ccc(C(F)(F)F)cc3)n2)cc1C. The van der Waals surface area contributed by atoms with E-state index in [4.69, 9.17) is 18.4 Å². The normalized spacial score (nSPS) is 12.1. The number of carbonyl (C=O) groups is 1. The fourth-order valence-electron chi connectivity index (χ4n) is 3.43. The molecule has 1 atom stereocenters. The Morgan fingerprint density at radius 3 is 2.21 bits per heavy atom. The monoisotopic (exact) mass is 607 g/mol. The average molecular weight is 608 g/mol. The van der Waals surface area contributed by atoms with Crippen LogP contribution >= 0.6 is 12.0 Å². The standard InChI is InChI=1S/C29H32F3NO5S.C3H8/c1-6-35-27(34)18-36-25-15-14-22(16-19(25)2)38-26(17-37-39-28(3,4)5)24-9-7-8-23(33-24)20-10-12-21(13-11-20)29(30,31)32;1-3-2/h7-16,26H,6,17-18H2,1-5H3;3H2,1-2H3. The number of pyridine rings is 1. The molecule has 230 valence electrons. The molecule has 1 aromatic heterocycles. The molecule has 2 aromatic carbocycles. The molecule has 0 saturated carbocycles. The summed E-state index contributed by atoms with van der Waals surface area (Å²) < 4.78 is 61.4. The minimum absolute atomic E-state index is 0.144. The highest BCUT2D eigenvalue weighted by atomic mass is 32.2. The van der Waals surface area contributed by atoms with Crippen LogP contribution in [-0.4, -0.2) is 35.5 Å². The molecule has 10 heteroatoms. The van der Waals surface area contributed by atoms with E-state index in [1.807, 2.05) is 27.7 Å². The highest BCUT2D eigenvalue weighted by Crippen LogP contribution is 2.33. The molecule has 0 N–H and O–H groups in total. The zero-order valence-corrected chi connectivity index (χ0v) is 26.0. The third kappa shape index (κ3) is 11.9. The summed E-state index contributed by atoms with van der Waals surface area (Å²) in [6, 6.07) is 15.4. The van der Waals surface area contributed by atoms with Gasteiger partial charge in [0, 0.05) is 10.3 Å². The van der Waals surface area contributed by atoms with E-state index < -0.39 is 23.8 Å². The molecule has 0 amide bonds. The van der Waals surface area contributed by atoms with Gasteiger partial charge in [0.15, 0.2) is 12.7 Å². The predicted molar refractivity (Wildman–Crippen MR) is 161 cm³/mol. The van der Waals surface area contributed by atoms with Crippen LogP contribution in [0.2, 0.25) is 0 Å². The summed E-state index contributed by atoms with van der Waals surface area (Å²) in [5, 5.41) is 0. The fourth-order valence-corrected chi connectivity index (χ4v) is 3.98. The summed E-state index contributed by atoms with van der Waals surface area (Å²) >= 11 is 1.31. The van der Waals surface area contributed by atoms with Crippen LogP contribution in [0.4, 0.5) is 13.2 Å². The van der Waals surface area contributed by atoms with Gasteiger partial charge in [-0.1, -0.05) is 38.5 Å². The molecule has 0 bridgehead atoms. The number of hydrogen-bond acceptors (Lipinski definition) is 7. The summed E-state index contributed by atoms with van der Waals surface area (Å²) in [5.41, 5.74) is 1.65. The topological polar surface area (TPSA) is 66.9 Å². The fraction of sp³-hybridized carbons (Fsp3) is 0.438. The van der Waals surface area contributed by atoms with Crippen molar-refractivity contribution in [3.05, 3.63) is 77.5 Å².